The van der Waals surface area contributed by atoms with E-state index in [9.17, 15) is 9.59 Å². The number of carbonyl (C=O) groups excluding carboxylic acids is 2. The SMILES string of the molecule is CCCCCNC(=O)Nc1ccsc1C(=O)OC. The van der Waals surface area contributed by atoms with Crippen molar-refractivity contribution >= 4 is 29.0 Å². The molecule has 2 N–H and O–H groups in total. The number of hydrogen-bond acceptors (Lipinski definition) is 4. The van der Waals surface area contributed by atoms with Gasteiger partial charge in [0.25, 0.3) is 0 Å². The smallest absolute Gasteiger partial charge is 0.350 e. The van der Waals surface area contributed by atoms with Gasteiger partial charge in [-0.05, 0) is 17.9 Å². The number of esters is 1. The van der Waals surface area contributed by atoms with Crippen LogP contribution in [0, 0.1) is 0 Å². The maximum atomic E-state index is 11.6. The second-order valence-electron chi connectivity index (χ2n) is 3.74. The standard InChI is InChI=1S/C12H18N2O3S/c1-3-4-5-7-13-12(16)14-9-6-8-18-10(9)11(15)17-2/h6,8H,3-5,7H2,1-2H3,(H2,13,14,16). The zero-order valence-electron chi connectivity index (χ0n) is 10.6. The van der Waals surface area contributed by atoms with Crippen LogP contribution in [0.2, 0.25) is 0 Å². The molecule has 1 aromatic rings. The highest BCUT2D eigenvalue weighted by molar-refractivity contribution is 7.12. The fourth-order valence-corrected chi connectivity index (χ4v) is 2.17. The molecule has 1 heterocycles. The molecule has 6 heteroatoms. The molecule has 0 aliphatic rings. The molecule has 0 radical (unpaired) electrons. The minimum Gasteiger partial charge on any atom is -0.465 e. The second kappa shape index (κ2) is 7.71. The average molecular weight is 270 g/mol. The fraction of sp³-hybridized carbons (Fsp3) is 0.500. The number of hydrogen-bond donors (Lipinski definition) is 2. The highest BCUT2D eigenvalue weighted by atomic mass is 32.1. The number of thiophene rings is 1. The van der Waals surface area contributed by atoms with E-state index < -0.39 is 5.97 Å². The van der Waals surface area contributed by atoms with Crippen LogP contribution in [0.5, 0.6) is 0 Å². The van der Waals surface area contributed by atoms with Crippen molar-refractivity contribution in [2.24, 2.45) is 0 Å². The second-order valence-corrected chi connectivity index (χ2v) is 4.66. The highest BCUT2D eigenvalue weighted by Gasteiger charge is 2.14. The molecule has 100 valence electrons. The molecule has 0 saturated carbocycles. The van der Waals surface area contributed by atoms with E-state index >= 15 is 0 Å². The molecule has 1 aromatic heterocycles. The van der Waals surface area contributed by atoms with E-state index in [1.807, 2.05) is 0 Å². The van der Waals surface area contributed by atoms with Crippen molar-refractivity contribution in [3.63, 3.8) is 0 Å². The third-order valence-corrected chi connectivity index (χ3v) is 3.24. The summed E-state index contributed by atoms with van der Waals surface area (Å²) < 4.78 is 4.63. The summed E-state index contributed by atoms with van der Waals surface area (Å²) in [5.74, 6) is -0.439. The maximum Gasteiger partial charge on any atom is 0.350 e. The third kappa shape index (κ3) is 4.37. The van der Waals surface area contributed by atoms with Crippen LogP contribution in [0.4, 0.5) is 10.5 Å². The first-order chi connectivity index (χ1) is 8.69. The normalized spacial score (nSPS) is 9.89. The Bertz CT molecular complexity index is 404. The van der Waals surface area contributed by atoms with Crippen molar-refractivity contribution in [2.45, 2.75) is 26.2 Å². The Labute approximate surface area is 111 Å². The van der Waals surface area contributed by atoms with Gasteiger partial charge in [-0.2, -0.15) is 0 Å². The van der Waals surface area contributed by atoms with Crippen LogP contribution in [-0.4, -0.2) is 25.7 Å². The Kier molecular flexibility index (Phi) is 6.21. The predicted molar refractivity (Wildman–Crippen MR) is 72.2 cm³/mol. The molecule has 1 rings (SSSR count). The summed E-state index contributed by atoms with van der Waals surface area (Å²) in [5, 5.41) is 7.12. The van der Waals surface area contributed by atoms with Crippen LogP contribution in [-0.2, 0) is 4.74 Å². The lowest BCUT2D eigenvalue weighted by Crippen LogP contribution is -2.29. The minimum atomic E-state index is -0.439. The van der Waals surface area contributed by atoms with E-state index in [0.717, 1.165) is 19.3 Å². The quantitative estimate of drug-likeness (QED) is 0.617. The van der Waals surface area contributed by atoms with Crippen LogP contribution in [0.25, 0.3) is 0 Å². The Morgan fingerprint density at radius 3 is 2.83 bits per heavy atom. The average Bonchev–Trinajstić information content (AvgIpc) is 2.82. The first-order valence-corrected chi connectivity index (χ1v) is 6.77. The van der Waals surface area contributed by atoms with Gasteiger partial charge < -0.3 is 15.4 Å². The summed E-state index contributed by atoms with van der Waals surface area (Å²) in [5.41, 5.74) is 0.486. The molecule has 2 amide bonds. The number of carbonyl (C=O) groups is 2. The molecule has 0 unspecified atom stereocenters. The predicted octanol–water partition coefficient (Wildman–Crippen LogP) is 2.85. The third-order valence-electron chi connectivity index (χ3n) is 2.35. The molecule has 0 spiro atoms. The van der Waals surface area contributed by atoms with Gasteiger partial charge in [0.05, 0.1) is 12.8 Å². The van der Waals surface area contributed by atoms with E-state index in [2.05, 4.69) is 22.3 Å². The van der Waals surface area contributed by atoms with Gasteiger partial charge in [-0.3, -0.25) is 0 Å². The number of anilines is 1. The van der Waals surface area contributed by atoms with Gasteiger partial charge in [0.15, 0.2) is 0 Å². The molecule has 0 aliphatic carbocycles. The van der Waals surface area contributed by atoms with Crippen LogP contribution < -0.4 is 10.6 Å². The molecule has 18 heavy (non-hydrogen) atoms. The van der Waals surface area contributed by atoms with E-state index in [0.29, 0.717) is 17.1 Å². The Hall–Kier alpha value is -1.56. The molecule has 0 saturated heterocycles. The molecular weight excluding hydrogens is 252 g/mol. The van der Waals surface area contributed by atoms with Crippen LogP contribution in [0.15, 0.2) is 11.4 Å². The van der Waals surface area contributed by atoms with Crippen molar-refractivity contribution in [2.75, 3.05) is 19.0 Å². The molecule has 0 fully saturated rings. The van der Waals surface area contributed by atoms with Gasteiger partial charge in [-0.15, -0.1) is 11.3 Å². The molecule has 0 atom stereocenters. The lowest BCUT2D eigenvalue weighted by Gasteiger charge is -2.07. The number of amides is 2. The molecule has 5 nitrogen and oxygen atoms in total. The summed E-state index contributed by atoms with van der Waals surface area (Å²) in [6, 6.07) is 1.39. The van der Waals surface area contributed by atoms with Crippen molar-refractivity contribution < 1.29 is 14.3 Å². The minimum absolute atomic E-state index is 0.297. The van der Waals surface area contributed by atoms with Gasteiger partial charge in [0, 0.05) is 6.54 Å². The summed E-state index contributed by atoms with van der Waals surface area (Å²) in [4.78, 5) is 23.4. The number of rotatable bonds is 6. The van der Waals surface area contributed by atoms with Crippen LogP contribution in [0.3, 0.4) is 0 Å². The summed E-state index contributed by atoms with van der Waals surface area (Å²) in [7, 11) is 1.32. The number of urea groups is 1. The summed E-state index contributed by atoms with van der Waals surface area (Å²) in [6.07, 6.45) is 3.16. The van der Waals surface area contributed by atoms with Gasteiger partial charge in [0.2, 0.25) is 0 Å². The number of ether oxygens (including phenoxy) is 1. The van der Waals surface area contributed by atoms with E-state index in [1.165, 1.54) is 18.4 Å². The topological polar surface area (TPSA) is 67.4 Å². The molecule has 0 bridgehead atoms. The summed E-state index contributed by atoms with van der Waals surface area (Å²) in [6.45, 7) is 2.74. The largest absolute Gasteiger partial charge is 0.465 e. The van der Waals surface area contributed by atoms with Gasteiger partial charge >= 0.3 is 12.0 Å². The fourth-order valence-electron chi connectivity index (χ4n) is 1.40. The monoisotopic (exact) mass is 270 g/mol. The summed E-state index contributed by atoms with van der Waals surface area (Å²) >= 11 is 1.24. The molecular formula is C12H18N2O3S. The van der Waals surface area contributed by atoms with Crippen molar-refractivity contribution in [1.82, 2.24) is 5.32 Å². The van der Waals surface area contributed by atoms with Crippen molar-refractivity contribution in [1.29, 1.82) is 0 Å². The lowest BCUT2D eigenvalue weighted by atomic mass is 10.2. The van der Waals surface area contributed by atoms with Crippen LogP contribution in [0.1, 0.15) is 35.9 Å². The van der Waals surface area contributed by atoms with E-state index in [-0.39, 0.29) is 6.03 Å². The highest BCUT2D eigenvalue weighted by Crippen LogP contribution is 2.22. The number of methoxy groups -OCH3 is 1. The Morgan fingerprint density at radius 1 is 1.39 bits per heavy atom. The molecule has 0 aliphatic heterocycles. The lowest BCUT2D eigenvalue weighted by molar-refractivity contribution is 0.0607. The number of unbranched alkanes of at least 4 members (excludes halogenated alkanes) is 2. The molecule has 0 aromatic carbocycles. The van der Waals surface area contributed by atoms with Crippen molar-refractivity contribution in [3.05, 3.63) is 16.3 Å². The first-order valence-electron chi connectivity index (χ1n) is 5.89. The van der Waals surface area contributed by atoms with Crippen LogP contribution >= 0.6 is 11.3 Å². The van der Waals surface area contributed by atoms with E-state index in [4.69, 9.17) is 0 Å². The Morgan fingerprint density at radius 2 is 2.17 bits per heavy atom. The maximum absolute atomic E-state index is 11.6. The first kappa shape index (κ1) is 14.5. The van der Waals surface area contributed by atoms with Gasteiger partial charge in [0.1, 0.15) is 4.88 Å². The van der Waals surface area contributed by atoms with Gasteiger partial charge in [-0.25, -0.2) is 9.59 Å². The Balaban J connectivity index is 2.44. The van der Waals surface area contributed by atoms with Crippen molar-refractivity contribution in [3.8, 4) is 0 Å². The zero-order valence-corrected chi connectivity index (χ0v) is 11.4. The van der Waals surface area contributed by atoms with Gasteiger partial charge in [-0.1, -0.05) is 19.8 Å². The zero-order chi connectivity index (χ0) is 13.4. The number of nitrogens with one attached hydrogen (secondary N) is 2. The van der Waals surface area contributed by atoms with E-state index in [1.54, 1.807) is 11.4 Å².